The van der Waals surface area contributed by atoms with Gasteiger partial charge in [-0.1, -0.05) is 6.07 Å². The van der Waals surface area contributed by atoms with Gasteiger partial charge in [0.05, 0.1) is 23.2 Å². The minimum atomic E-state index is -0.463. The first-order valence-corrected chi connectivity index (χ1v) is 11.6. The highest BCUT2D eigenvalue weighted by atomic mass is 16.3. The van der Waals surface area contributed by atoms with E-state index in [-0.39, 0.29) is 6.04 Å². The molecule has 2 aromatic carbocycles. The van der Waals surface area contributed by atoms with Gasteiger partial charge in [0.1, 0.15) is 6.07 Å². The van der Waals surface area contributed by atoms with Crippen LogP contribution in [0.3, 0.4) is 0 Å². The van der Waals surface area contributed by atoms with E-state index < -0.39 is 6.10 Å². The molecule has 2 fully saturated rings. The van der Waals surface area contributed by atoms with Crippen LogP contribution >= 0.6 is 0 Å². The van der Waals surface area contributed by atoms with Crippen LogP contribution in [0, 0.1) is 11.3 Å². The molecule has 3 aliphatic rings. The van der Waals surface area contributed by atoms with Crippen molar-refractivity contribution in [3.63, 3.8) is 0 Å². The van der Waals surface area contributed by atoms with Crippen LogP contribution < -0.4 is 15.5 Å². The summed E-state index contributed by atoms with van der Waals surface area (Å²) >= 11 is 0. The molecule has 7 heteroatoms. The standard InChI is InChI=1S/C26H28N6O/c1-16-11-31(23-7-4-17(10-27)26-21(23)3-2-8-29-26)14-24-20-6-5-19(9-18(20)12-32(16)24)30-13-22(28)25(33)15-30/h2-9,16,22,24-25,33H,11-15,28H2,1H3/t16-,22-,24-,25-/m1/s1. The third-order valence-corrected chi connectivity index (χ3v) is 7.59. The topological polar surface area (TPSA) is 92.7 Å². The van der Waals surface area contributed by atoms with Crippen molar-refractivity contribution in [1.29, 1.82) is 5.26 Å². The van der Waals surface area contributed by atoms with Crippen molar-refractivity contribution in [2.75, 3.05) is 36.0 Å². The highest BCUT2D eigenvalue weighted by molar-refractivity contribution is 5.95. The van der Waals surface area contributed by atoms with Gasteiger partial charge in [0, 0.05) is 67.8 Å². The maximum absolute atomic E-state index is 10.1. The van der Waals surface area contributed by atoms with Gasteiger partial charge in [-0.25, -0.2) is 0 Å². The molecule has 1 aromatic heterocycles. The fourth-order valence-electron chi connectivity index (χ4n) is 5.85. The molecule has 168 valence electrons. The van der Waals surface area contributed by atoms with Crippen molar-refractivity contribution in [1.82, 2.24) is 9.88 Å². The summed E-state index contributed by atoms with van der Waals surface area (Å²) in [6.07, 6.45) is 1.29. The number of anilines is 2. The lowest BCUT2D eigenvalue weighted by molar-refractivity contribution is 0.134. The average molecular weight is 441 g/mol. The summed E-state index contributed by atoms with van der Waals surface area (Å²) in [4.78, 5) is 11.7. The van der Waals surface area contributed by atoms with Crippen molar-refractivity contribution >= 4 is 22.3 Å². The van der Waals surface area contributed by atoms with Crippen LogP contribution in [0.25, 0.3) is 10.9 Å². The quantitative estimate of drug-likeness (QED) is 0.632. The van der Waals surface area contributed by atoms with Gasteiger partial charge in [0.15, 0.2) is 0 Å². The Labute approximate surface area is 193 Å². The number of aliphatic hydroxyl groups excluding tert-OH is 1. The van der Waals surface area contributed by atoms with E-state index in [2.05, 4.69) is 63.0 Å². The smallest absolute Gasteiger partial charge is 0.101 e. The Bertz CT molecular complexity index is 1260. The van der Waals surface area contributed by atoms with Gasteiger partial charge < -0.3 is 20.6 Å². The van der Waals surface area contributed by atoms with Crippen molar-refractivity contribution in [3.8, 4) is 6.07 Å². The molecule has 0 unspecified atom stereocenters. The lowest BCUT2D eigenvalue weighted by atomic mass is 9.99. The van der Waals surface area contributed by atoms with E-state index in [0.29, 0.717) is 30.7 Å². The monoisotopic (exact) mass is 440 g/mol. The number of hydrogen-bond acceptors (Lipinski definition) is 7. The molecule has 4 atom stereocenters. The lowest BCUT2D eigenvalue weighted by Crippen LogP contribution is -2.51. The summed E-state index contributed by atoms with van der Waals surface area (Å²) < 4.78 is 0. The molecular formula is C26H28N6O. The van der Waals surface area contributed by atoms with Crippen molar-refractivity contribution in [2.24, 2.45) is 5.73 Å². The van der Waals surface area contributed by atoms with Crippen molar-refractivity contribution in [3.05, 3.63) is 65.4 Å². The fourth-order valence-corrected chi connectivity index (χ4v) is 5.85. The second kappa shape index (κ2) is 7.70. The SMILES string of the molecule is C[C@@H]1CN(c2ccc(C#N)c3ncccc23)C[C@@H]2c3ccc(N4C[C@@H](N)[C@H](O)C4)cc3CN12. The third kappa shape index (κ3) is 3.25. The Morgan fingerprint density at radius 3 is 2.76 bits per heavy atom. The number of piperazine rings is 1. The van der Waals surface area contributed by atoms with Gasteiger partial charge in [0.2, 0.25) is 0 Å². The Morgan fingerprint density at radius 1 is 1.09 bits per heavy atom. The van der Waals surface area contributed by atoms with Crippen LogP contribution in [-0.4, -0.2) is 59.4 Å². The van der Waals surface area contributed by atoms with E-state index in [1.807, 2.05) is 12.1 Å². The molecule has 4 heterocycles. The summed E-state index contributed by atoms with van der Waals surface area (Å²) in [6, 6.07) is 17.5. The molecular weight excluding hydrogens is 412 g/mol. The molecule has 0 saturated carbocycles. The fraction of sp³-hybridized carbons (Fsp3) is 0.385. The van der Waals surface area contributed by atoms with E-state index in [0.717, 1.165) is 41.9 Å². The number of β-amino-alcohol motifs (C(OH)–C–C–N with tert-alkyl or cyclic N) is 1. The maximum atomic E-state index is 10.1. The second-order valence-electron chi connectivity index (χ2n) is 9.61. The number of nitriles is 1. The minimum absolute atomic E-state index is 0.185. The molecule has 3 N–H and O–H groups in total. The number of hydrogen-bond donors (Lipinski definition) is 2. The van der Waals surface area contributed by atoms with Gasteiger partial charge in [-0.2, -0.15) is 5.26 Å². The molecule has 0 radical (unpaired) electrons. The predicted octanol–water partition coefficient (Wildman–Crippen LogP) is 2.38. The number of aliphatic hydroxyl groups is 1. The second-order valence-corrected chi connectivity index (χ2v) is 9.61. The predicted molar refractivity (Wildman–Crippen MR) is 129 cm³/mol. The number of rotatable bonds is 2. The highest BCUT2D eigenvalue weighted by Gasteiger charge is 2.39. The number of fused-ring (bicyclic) bond motifs is 4. The Morgan fingerprint density at radius 2 is 1.97 bits per heavy atom. The zero-order valence-electron chi connectivity index (χ0n) is 18.7. The molecule has 0 spiro atoms. The van der Waals surface area contributed by atoms with Gasteiger partial charge in [0.25, 0.3) is 0 Å². The maximum Gasteiger partial charge on any atom is 0.101 e. The molecule has 6 rings (SSSR count). The van der Waals surface area contributed by atoms with Crippen LogP contribution in [-0.2, 0) is 6.54 Å². The van der Waals surface area contributed by atoms with Gasteiger partial charge >= 0.3 is 0 Å². The van der Waals surface area contributed by atoms with Crippen LogP contribution in [0.1, 0.15) is 29.7 Å². The lowest BCUT2D eigenvalue weighted by Gasteiger charge is -2.43. The normalized spacial score (nSPS) is 27.0. The van der Waals surface area contributed by atoms with Crippen LogP contribution in [0.4, 0.5) is 11.4 Å². The number of nitrogens with zero attached hydrogens (tertiary/aromatic N) is 5. The molecule has 33 heavy (non-hydrogen) atoms. The Kier molecular flexibility index (Phi) is 4.77. The van der Waals surface area contributed by atoms with E-state index in [1.54, 1.807) is 6.20 Å². The number of benzene rings is 2. The first-order valence-electron chi connectivity index (χ1n) is 11.6. The number of aromatic nitrogens is 1. The molecule has 7 nitrogen and oxygen atoms in total. The van der Waals surface area contributed by atoms with E-state index in [9.17, 15) is 10.4 Å². The summed E-state index contributed by atoms with van der Waals surface area (Å²) in [6.45, 7) is 6.36. The number of nitrogens with two attached hydrogens (primary N) is 1. The molecule has 2 saturated heterocycles. The van der Waals surface area contributed by atoms with Gasteiger partial charge in [-0.3, -0.25) is 9.88 Å². The van der Waals surface area contributed by atoms with E-state index in [1.165, 1.54) is 11.1 Å². The Balaban J connectivity index is 1.32. The molecule has 0 aliphatic carbocycles. The van der Waals surface area contributed by atoms with Crippen molar-refractivity contribution in [2.45, 2.75) is 37.7 Å². The summed E-state index contributed by atoms with van der Waals surface area (Å²) in [5.74, 6) is 0. The van der Waals surface area contributed by atoms with E-state index >= 15 is 0 Å². The third-order valence-electron chi connectivity index (χ3n) is 7.59. The zero-order chi connectivity index (χ0) is 22.7. The minimum Gasteiger partial charge on any atom is -0.390 e. The Hall–Kier alpha value is -3.18. The molecule has 3 aliphatic heterocycles. The number of pyridine rings is 1. The summed E-state index contributed by atoms with van der Waals surface area (Å²) in [5, 5.41) is 20.6. The van der Waals surface area contributed by atoms with Crippen LogP contribution in [0.5, 0.6) is 0 Å². The van der Waals surface area contributed by atoms with E-state index in [4.69, 9.17) is 5.73 Å². The van der Waals surface area contributed by atoms with Crippen LogP contribution in [0.2, 0.25) is 0 Å². The molecule has 0 bridgehead atoms. The van der Waals surface area contributed by atoms with Crippen molar-refractivity contribution < 1.29 is 5.11 Å². The van der Waals surface area contributed by atoms with Gasteiger partial charge in [-0.05, 0) is 54.4 Å². The highest BCUT2D eigenvalue weighted by Crippen LogP contribution is 2.42. The average Bonchev–Trinajstić information content (AvgIpc) is 3.37. The molecule has 3 aromatic rings. The summed E-state index contributed by atoms with van der Waals surface area (Å²) in [5.41, 5.74) is 12.5. The first kappa shape index (κ1) is 20.4. The largest absolute Gasteiger partial charge is 0.390 e. The molecule has 0 amide bonds. The van der Waals surface area contributed by atoms with Gasteiger partial charge in [-0.15, -0.1) is 0 Å². The first-order chi connectivity index (χ1) is 16.0. The van der Waals surface area contributed by atoms with Crippen LogP contribution in [0.15, 0.2) is 48.7 Å². The summed E-state index contributed by atoms with van der Waals surface area (Å²) in [7, 11) is 0. The zero-order valence-corrected chi connectivity index (χ0v) is 18.7.